The summed E-state index contributed by atoms with van der Waals surface area (Å²) in [4.78, 5) is 15.4. The number of rotatable bonds is 3. The minimum atomic E-state index is -3.00. The zero-order chi connectivity index (χ0) is 12.9. The number of hydrogen-bond donors (Lipinski definition) is 0. The fourth-order valence-corrected chi connectivity index (χ4v) is 2.51. The molecule has 0 N–H and O–H groups in total. The smallest absolute Gasteiger partial charge is 0.319 e. The standard InChI is InChI=1S/C11H22N2O3S/c1-12(9-10-17(2,15)16)11(14)13-7-5-3-4-6-8-13/h3-10H2,1-2H3. The average Bonchev–Trinajstić information content (AvgIpc) is 2.52. The highest BCUT2D eigenvalue weighted by molar-refractivity contribution is 7.90. The first-order valence-electron chi connectivity index (χ1n) is 6.08. The Bertz CT molecular complexity index is 346. The Morgan fingerprint density at radius 2 is 1.71 bits per heavy atom. The van der Waals surface area contributed by atoms with Crippen molar-refractivity contribution in [3.63, 3.8) is 0 Å². The summed E-state index contributed by atoms with van der Waals surface area (Å²) in [5.74, 6) is 0.0308. The Morgan fingerprint density at radius 1 is 1.18 bits per heavy atom. The third kappa shape index (κ3) is 5.39. The number of urea groups is 1. The van der Waals surface area contributed by atoms with Crippen LogP contribution < -0.4 is 0 Å². The van der Waals surface area contributed by atoms with Gasteiger partial charge in [-0.25, -0.2) is 13.2 Å². The van der Waals surface area contributed by atoms with Gasteiger partial charge in [-0.15, -0.1) is 0 Å². The average molecular weight is 262 g/mol. The van der Waals surface area contributed by atoms with E-state index in [0.29, 0.717) is 0 Å². The maximum atomic E-state index is 12.0. The molecule has 0 aromatic rings. The lowest BCUT2D eigenvalue weighted by molar-refractivity contribution is 0.167. The van der Waals surface area contributed by atoms with Crippen LogP contribution in [0, 0.1) is 0 Å². The molecule has 0 saturated carbocycles. The monoisotopic (exact) mass is 262 g/mol. The van der Waals surface area contributed by atoms with Crippen molar-refractivity contribution in [3.8, 4) is 0 Å². The number of nitrogens with zero attached hydrogens (tertiary/aromatic N) is 2. The normalized spacial score (nSPS) is 17.6. The molecular formula is C11H22N2O3S. The van der Waals surface area contributed by atoms with E-state index in [9.17, 15) is 13.2 Å². The zero-order valence-electron chi connectivity index (χ0n) is 10.7. The molecule has 1 saturated heterocycles. The highest BCUT2D eigenvalue weighted by atomic mass is 32.2. The molecule has 0 unspecified atom stereocenters. The summed E-state index contributed by atoms with van der Waals surface area (Å²) < 4.78 is 22.1. The summed E-state index contributed by atoms with van der Waals surface area (Å²) in [6, 6.07) is -0.0458. The predicted octanol–water partition coefficient (Wildman–Crippen LogP) is 0.959. The molecule has 0 aliphatic carbocycles. The molecule has 6 heteroatoms. The van der Waals surface area contributed by atoms with E-state index in [1.54, 1.807) is 7.05 Å². The maximum Gasteiger partial charge on any atom is 0.319 e. The van der Waals surface area contributed by atoms with Crippen LogP contribution in [-0.4, -0.2) is 62.9 Å². The Balaban J connectivity index is 2.44. The quantitative estimate of drug-likeness (QED) is 0.761. The summed E-state index contributed by atoms with van der Waals surface area (Å²) in [5, 5.41) is 0. The fourth-order valence-electron chi connectivity index (χ4n) is 1.90. The second-order valence-electron chi connectivity index (χ2n) is 4.74. The molecule has 1 aliphatic rings. The Kier molecular flexibility index (Phi) is 5.24. The molecule has 1 heterocycles. The van der Waals surface area contributed by atoms with Gasteiger partial charge in [-0.3, -0.25) is 0 Å². The van der Waals surface area contributed by atoms with Crippen LogP contribution in [0.4, 0.5) is 4.79 Å². The van der Waals surface area contributed by atoms with Gasteiger partial charge in [0.25, 0.3) is 0 Å². The lowest BCUT2D eigenvalue weighted by atomic mass is 10.2. The molecular weight excluding hydrogens is 240 g/mol. The van der Waals surface area contributed by atoms with Gasteiger partial charge in [0.15, 0.2) is 0 Å². The number of likely N-dealkylation sites (tertiary alicyclic amines) is 1. The van der Waals surface area contributed by atoms with Gasteiger partial charge in [0.2, 0.25) is 0 Å². The first kappa shape index (κ1) is 14.3. The second kappa shape index (κ2) is 6.23. The SMILES string of the molecule is CN(CCS(C)(=O)=O)C(=O)N1CCCCCC1. The van der Waals surface area contributed by atoms with Crippen molar-refractivity contribution in [1.29, 1.82) is 0 Å². The third-order valence-corrected chi connectivity index (χ3v) is 3.92. The van der Waals surface area contributed by atoms with Crippen molar-refractivity contribution in [3.05, 3.63) is 0 Å². The number of carbonyl (C=O) groups excluding carboxylic acids is 1. The van der Waals surface area contributed by atoms with Gasteiger partial charge >= 0.3 is 6.03 Å². The van der Waals surface area contributed by atoms with Crippen LogP contribution >= 0.6 is 0 Å². The van der Waals surface area contributed by atoms with Crippen LogP contribution in [-0.2, 0) is 9.84 Å². The first-order chi connectivity index (χ1) is 7.90. The van der Waals surface area contributed by atoms with Crippen molar-refractivity contribution in [2.75, 3.05) is 38.7 Å². The molecule has 0 aromatic heterocycles. The number of carbonyl (C=O) groups is 1. The Labute approximate surface area is 104 Å². The minimum absolute atomic E-state index is 0.0308. The molecule has 0 spiro atoms. The van der Waals surface area contributed by atoms with Gasteiger partial charge in [0.05, 0.1) is 5.75 Å². The summed E-state index contributed by atoms with van der Waals surface area (Å²) in [6.07, 6.45) is 5.64. The second-order valence-corrected chi connectivity index (χ2v) is 7.00. The van der Waals surface area contributed by atoms with E-state index >= 15 is 0 Å². The van der Waals surface area contributed by atoms with E-state index in [0.717, 1.165) is 25.9 Å². The number of hydrogen-bond acceptors (Lipinski definition) is 3. The van der Waals surface area contributed by atoms with Crippen LogP contribution in [0.5, 0.6) is 0 Å². The number of amides is 2. The molecule has 0 aromatic carbocycles. The Morgan fingerprint density at radius 3 is 2.18 bits per heavy atom. The van der Waals surface area contributed by atoms with E-state index in [4.69, 9.17) is 0 Å². The van der Waals surface area contributed by atoms with Crippen LogP contribution in [0.15, 0.2) is 0 Å². The van der Waals surface area contributed by atoms with Crippen molar-refractivity contribution >= 4 is 15.9 Å². The summed E-state index contributed by atoms with van der Waals surface area (Å²) >= 11 is 0. The molecule has 0 radical (unpaired) electrons. The summed E-state index contributed by atoms with van der Waals surface area (Å²) in [5.41, 5.74) is 0. The van der Waals surface area contributed by atoms with Crippen molar-refractivity contribution < 1.29 is 13.2 Å². The van der Waals surface area contributed by atoms with Gasteiger partial charge in [-0.1, -0.05) is 12.8 Å². The molecule has 0 bridgehead atoms. The molecule has 1 fully saturated rings. The molecule has 5 nitrogen and oxygen atoms in total. The van der Waals surface area contributed by atoms with Gasteiger partial charge < -0.3 is 9.80 Å². The molecule has 2 amide bonds. The van der Waals surface area contributed by atoms with E-state index in [1.165, 1.54) is 24.0 Å². The highest BCUT2D eigenvalue weighted by Crippen LogP contribution is 2.11. The van der Waals surface area contributed by atoms with Gasteiger partial charge in [-0.05, 0) is 12.8 Å². The summed E-state index contributed by atoms with van der Waals surface area (Å²) in [7, 11) is -1.34. The molecule has 17 heavy (non-hydrogen) atoms. The minimum Gasteiger partial charge on any atom is -0.327 e. The highest BCUT2D eigenvalue weighted by Gasteiger charge is 2.19. The molecule has 1 rings (SSSR count). The lowest BCUT2D eigenvalue weighted by Gasteiger charge is -2.26. The van der Waals surface area contributed by atoms with Crippen molar-refractivity contribution in [1.82, 2.24) is 9.80 Å². The van der Waals surface area contributed by atoms with E-state index in [2.05, 4.69) is 0 Å². The van der Waals surface area contributed by atoms with E-state index < -0.39 is 9.84 Å². The lowest BCUT2D eigenvalue weighted by Crippen LogP contribution is -2.43. The van der Waals surface area contributed by atoms with Gasteiger partial charge in [0, 0.05) is 32.9 Å². The first-order valence-corrected chi connectivity index (χ1v) is 8.14. The maximum absolute atomic E-state index is 12.0. The van der Waals surface area contributed by atoms with Gasteiger partial charge in [-0.2, -0.15) is 0 Å². The van der Waals surface area contributed by atoms with Crippen LogP contribution in [0.2, 0.25) is 0 Å². The zero-order valence-corrected chi connectivity index (χ0v) is 11.5. The van der Waals surface area contributed by atoms with Crippen LogP contribution in [0.1, 0.15) is 25.7 Å². The topological polar surface area (TPSA) is 57.7 Å². The molecule has 1 aliphatic heterocycles. The molecule has 0 atom stereocenters. The van der Waals surface area contributed by atoms with Crippen molar-refractivity contribution in [2.24, 2.45) is 0 Å². The van der Waals surface area contributed by atoms with E-state index in [1.807, 2.05) is 4.90 Å². The van der Waals surface area contributed by atoms with Gasteiger partial charge in [0.1, 0.15) is 9.84 Å². The van der Waals surface area contributed by atoms with Crippen LogP contribution in [0.25, 0.3) is 0 Å². The predicted molar refractivity (Wildman–Crippen MR) is 67.8 cm³/mol. The van der Waals surface area contributed by atoms with Crippen LogP contribution in [0.3, 0.4) is 0 Å². The third-order valence-electron chi connectivity index (χ3n) is 3.00. The van der Waals surface area contributed by atoms with Crippen molar-refractivity contribution in [2.45, 2.75) is 25.7 Å². The summed E-state index contributed by atoms with van der Waals surface area (Å²) in [6.45, 7) is 1.86. The Hall–Kier alpha value is -0.780. The van der Waals surface area contributed by atoms with E-state index in [-0.39, 0.29) is 18.3 Å². The molecule has 100 valence electrons. The largest absolute Gasteiger partial charge is 0.327 e. The fraction of sp³-hybridized carbons (Fsp3) is 0.909. The number of sulfone groups is 1.